The van der Waals surface area contributed by atoms with Crippen LogP contribution in [0.2, 0.25) is 0 Å². The summed E-state index contributed by atoms with van der Waals surface area (Å²) in [6.45, 7) is 0. The Balaban J connectivity index is 3.34. The average molecular weight is 395 g/mol. The summed E-state index contributed by atoms with van der Waals surface area (Å²) in [7, 11) is 1.07. The van der Waals surface area contributed by atoms with Crippen LogP contribution in [0.15, 0.2) is 6.07 Å². The molecule has 0 spiro atoms. The van der Waals surface area contributed by atoms with E-state index in [0.717, 1.165) is 7.11 Å². The molecular weight excluding hydrogens is 388 g/mol. The zero-order valence-corrected chi connectivity index (χ0v) is 11.6. The van der Waals surface area contributed by atoms with Gasteiger partial charge in [0.1, 0.15) is 9.39 Å². The molecule has 0 saturated heterocycles. The van der Waals surface area contributed by atoms with Crippen molar-refractivity contribution in [3.05, 3.63) is 26.6 Å². The molecule has 0 fully saturated rings. The summed E-state index contributed by atoms with van der Waals surface area (Å²) in [5.41, 5.74) is -2.99. The number of alkyl halides is 5. The second-order valence-electron chi connectivity index (χ2n) is 3.42. The molecule has 0 saturated carbocycles. The predicted molar refractivity (Wildman–Crippen MR) is 62.6 cm³/mol. The summed E-state index contributed by atoms with van der Waals surface area (Å²) in [5.74, 6) is -0.780. The Morgan fingerprint density at radius 2 is 2.05 bits per heavy atom. The maximum atomic E-state index is 12.6. The molecule has 9 heteroatoms. The zero-order chi connectivity index (χ0) is 14.8. The molecule has 0 unspecified atom stereocenters. The van der Waals surface area contributed by atoms with E-state index in [-0.39, 0.29) is 9.26 Å². The molecule has 1 aromatic rings. The summed E-state index contributed by atoms with van der Waals surface area (Å²) in [4.78, 5) is 14.3. The third-order valence-corrected chi connectivity index (χ3v) is 3.09. The molecule has 0 aliphatic heterocycles. The van der Waals surface area contributed by atoms with Crippen LogP contribution in [0.4, 0.5) is 22.0 Å². The maximum absolute atomic E-state index is 12.6. The van der Waals surface area contributed by atoms with Gasteiger partial charge >= 0.3 is 12.1 Å². The number of carbonyl (C=O) groups is 1. The molecule has 0 aromatic carbocycles. The van der Waals surface area contributed by atoms with E-state index in [9.17, 15) is 26.7 Å². The normalized spacial score (nSPS) is 11.8. The van der Waals surface area contributed by atoms with Gasteiger partial charge in [-0.15, -0.1) is 0 Å². The topological polar surface area (TPSA) is 39.2 Å². The molecule has 19 heavy (non-hydrogen) atoms. The van der Waals surface area contributed by atoms with Crippen molar-refractivity contribution in [2.45, 2.75) is 19.0 Å². The Labute approximate surface area is 118 Å². The standard InChI is InChI=1S/C10H7F5INO2/c1-19-6(18)3-4-2-5(10(13,14)15)7(8(11)12)17-9(4)16/h2,8H,3H2,1H3. The van der Waals surface area contributed by atoms with Crippen molar-refractivity contribution in [3.8, 4) is 0 Å². The molecular formula is C10H7F5INO2. The zero-order valence-electron chi connectivity index (χ0n) is 9.39. The minimum atomic E-state index is -4.96. The number of nitrogens with zero attached hydrogens (tertiary/aromatic N) is 1. The first-order valence-electron chi connectivity index (χ1n) is 4.78. The third-order valence-electron chi connectivity index (χ3n) is 2.15. The Kier molecular flexibility index (Phi) is 5.04. The Bertz CT molecular complexity index is 490. The first-order chi connectivity index (χ1) is 8.66. The number of halogens is 6. The first kappa shape index (κ1) is 16.1. The largest absolute Gasteiger partial charge is 0.469 e. The lowest BCUT2D eigenvalue weighted by Crippen LogP contribution is -2.15. The Morgan fingerprint density at radius 1 is 1.47 bits per heavy atom. The number of pyridine rings is 1. The van der Waals surface area contributed by atoms with Gasteiger partial charge < -0.3 is 4.74 Å². The van der Waals surface area contributed by atoms with Crippen molar-refractivity contribution in [2.24, 2.45) is 0 Å². The number of carbonyl (C=O) groups excluding carboxylic acids is 1. The minimum absolute atomic E-state index is 0.0914. The smallest absolute Gasteiger partial charge is 0.418 e. The molecule has 0 amide bonds. The van der Waals surface area contributed by atoms with E-state index >= 15 is 0 Å². The Hall–Kier alpha value is -1.00. The van der Waals surface area contributed by atoms with Crippen LogP contribution in [0.25, 0.3) is 0 Å². The highest BCUT2D eigenvalue weighted by Gasteiger charge is 2.37. The SMILES string of the molecule is COC(=O)Cc1cc(C(F)(F)F)c(C(F)F)nc1I. The van der Waals surface area contributed by atoms with Gasteiger partial charge in [0.05, 0.1) is 19.1 Å². The van der Waals surface area contributed by atoms with Gasteiger partial charge in [-0.2, -0.15) is 13.2 Å². The molecule has 1 heterocycles. The van der Waals surface area contributed by atoms with Crippen molar-refractivity contribution in [1.82, 2.24) is 4.98 Å². The second-order valence-corrected chi connectivity index (χ2v) is 4.44. The fourth-order valence-electron chi connectivity index (χ4n) is 1.29. The maximum Gasteiger partial charge on any atom is 0.418 e. The molecule has 0 bridgehead atoms. The number of methoxy groups -OCH3 is 1. The molecule has 1 aromatic heterocycles. The highest BCUT2D eigenvalue weighted by Crippen LogP contribution is 2.36. The van der Waals surface area contributed by atoms with E-state index in [1.165, 1.54) is 22.6 Å². The van der Waals surface area contributed by atoms with E-state index in [1.807, 2.05) is 0 Å². The van der Waals surface area contributed by atoms with E-state index in [2.05, 4.69) is 9.72 Å². The van der Waals surface area contributed by atoms with Gasteiger partial charge in [0.25, 0.3) is 6.43 Å². The van der Waals surface area contributed by atoms with Gasteiger partial charge in [0, 0.05) is 0 Å². The van der Waals surface area contributed by atoms with Crippen LogP contribution in [0.5, 0.6) is 0 Å². The number of ether oxygens (including phenoxy) is 1. The van der Waals surface area contributed by atoms with E-state index < -0.39 is 36.2 Å². The van der Waals surface area contributed by atoms with Crippen LogP contribution < -0.4 is 0 Å². The van der Waals surface area contributed by atoms with Crippen LogP contribution in [-0.2, 0) is 22.1 Å². The number of esters is 1. The highest BCUT2D eigenvalue weighted by molar-refractivity contribution is 14.1. The minimum Gasteiger partial charge on any atom is -0.469 e. The van der Waals surface area contributed by atoms with E-state index in [0.29, 0.717) is 6.07 Å². The number of hydrogen-bond donors (Lipinski definition) is 0. The summed E-state index contributed by atoms with van der Waals surface area (Å²) < 4.78 is 67.2. The summed E-state index contributed by atoms with van der Waals surface area (Å²) >= 11 is 1.49. The molecule has 0 N–H and O–H groups in total. The van der Waals surface area contributed by atoms with Crippen molar-refractivity contribution < 1.29 is 31.5 Å². The highest BCUT2D eigenvalue weighted by atomic mass is 127. The second kappa shape index (κ2) is 5.97. The molecule has 106 valence electrons. The summed E-state index contributed by atoms with van der Waals surface area (Å²) in [6, 6.07) is 0.507. The summed E-state index contributed by atoms with van der Waals surface area (Å²) in [5, 5.41) is 0. The first-order valence-corrected chi connectivity index (χ1v) is 5.86. The van der Waals surface area contributed by atoms with E-state index in [1.54, 1.807) is 0 Å². The fraction of sp³-hybridized carbons (Fsp3) is 0.400. The monoisotopic (exact) mass is 395 g/mol. The van der Waals surface area contributed by atoms with Crippen LogP contribution in [0.3, 0.4) is 0 Å². The molecule has 0 radical (unpaired) electrons. The average Bonchev–Trinajstić information content (AvgIpc) is 2.29. The van der Waals surface area contributed by atoms with Gasteiger partial charge in [0.15, 0.2) is 0 Å². The van der Waals surface area contributed by atoms with Crippen molar-refractivity contribution >= 4 is 28.6 Å². The fourth-order valence-corrected chi connectivity index (χ4v) is 1.90. The quantitative estimate of drug-likeness (QED) is 0.341. The van der Waals surface area contributed by atoms with Crippen LogP contribution in [0.1, 0.15) is 23.2 Å². The van der Waals surface area contributed by atoms with Crippen molar-refractivity contribution in [1.29, 1.82) is 0 Å². The molecule has 0 aliphatic rings. The van der Waals surface area contributed by atoms with Gasteiger partial charge in [0.2, 0.25) is 0 Å². The van der Waals surface area contributed by atoms with Gasteiger partial charge in [-0.25, -0.2) is 13.8 Å². The third kappa shape index (κ3) is 3.98. The number of rotatable bonds is 3. The molecule has 1 rings (SSSR count). The number of hydrogen-bond acceptors (Lipinski definition) is 3. The van der Waals surface area contributed by atoms with Crippen molar-refractivity contribution in [3.63, 3.8) is 0 Å². The van der Waals surface area contributed by atoms with E-state index in [4.69, 9.17) is 0 Å². The summed E-state index contributed by atoms with van der Waals surface area (Å²) in [6.07, 6.45) is -8.78. The molecule has 3 nitrogen and oxygen atoms in total. The van der Waals surface area contributed by atoms with Crippen LogP contribution >= 0.6 is 22.6 Å². The van der Waals surface area contributed by atoms with Gasteiger partial charge in [-0.1, -0.05) is 0 Å². The molecule has 0 atom stereocenters. The lowest BCUT2D eigenvalue weighted by atomic mass is 10.1. The molecule has 0 aliphatic carbocycles. The predicted octanol–water partition coefficient (Wildman–Crippen LogP) is 3.36. The lowest BCUT2D eigenvalue weighted by molar-refractivity contribution is -0.141. The van der Waals surface area contributed by atoms with Gasteiger partial charge in [-0.3, -0.25) is 4.79 Å². The number of aromatic nitrogens is 1. The van der Waals surface area contributed by atoms with Gasteiger partial charge in [-0.05, 0) is 34.2 Å². The van der Waals surface area contributed by atoms with Crippen molar-refractivity contribution in [2.75, 3.05) is 7.11 Å². The Morgan fingerprint density at radius 3 is 2.47 bits per heavy atom. The van der Waals surface area contributed by atoms with Crippen LogP contribution in [-0.4, -0.2) is 18.1 Å². The lowest BCUT2D eigenvalue weighted by Gasteiger charge is -2.14. The van der Waals surface area contributed by atoms with Crippen LogP contribution in [0, 0.1) is 3.70 Å².